The number of rotatable bonds is 5. The van der Waals surface area contributed by atoms with Crippen LogP contribution in [0.15, 0.2) is 35.7 Å². The zero-order valence-corrected chi connectivity index (χ0v) is 13.3. The minimum Gasteiger partial charge on any atom is -0.327 e. The molecule has 21 heavy (non-hydrogen) atoms. The third-order valence-corrected chi connectivity index (χ3v) is 4.43. The van der Waals surface area contributed by atoms with E-state index in [9.17, 15) is 0 Å². The highest BCUT2D eigenvalue weighted by molar-refractivity contribution is 7.99. The number of imidazole rings is 1. The number of benzene rings is 1. The van der Waals surface area contributed by atoms with Crippen molar-refractivity contribution in [3.63, 3.8) is 0 Å². The molecule has 0 saturated carbocycles. The van der Waals surface area contributed by atoms with Gasteiger partial charge >= 0.3 is 0 Å². The van der Waals surface area contributed by atoms with E-state index >= 15 is 0 Å². The van der Waals surface area contributed by atoms with Crippen molar-refractivity contribution in [2.24, 2.45) is 0 Å². The van der Waals surface area contributed by atoms with Crippen LogP contribution in [0, 0.1) is 6.92 Å². The van der Waals surface area contributed by atoms with E-state index in [2.05, 4.69) is 63.3 Å². The molecule has 0 amide bonds. The molecular formula is C15H19N5S. The van der Waals surface area contributed by atoms with Crippen LogP contribution in [0.25, 0.3) is 11.0 Å². The summed E-state index contributed by atoms with van der Waals surface area (Å²) in [5.74, 6) is 2.01. The number of fused-ring (bicyclic) bond motifs is 1. The number of aryl methyl sites for hydroxylation is 2. The smallest absolute Gasteiger partial charge is 0.191 e. The fraction of sp³-hybridized carbons (Fsp3) is 0.400. The van der Waals surface area contributed by atoms with Gasteiger partial charge < -0.3 is 9.13 Å². The van der Waals surface area contributed by atoms with Gasteiger partial charge in [-0.2, -0.15) is 0 Å². The molecule has 1 aromatic carbocycles. The lowest BCUT2D eigenvalue weighted by molar-refractivity contribution is 0.549. The summed E-state index contributed by atoms with van der Waals surface area (Å²) in [6, 6.07) is 8.65. The van der Waals surface area contributed by atoms with Gasteiger partial charge in [0.1, 0.15) is 12.2 Å². The quantitative estimate of drug-likeness (QED) is 0.678. The average Bonchev–Trinajstić information content (AvgIpc) is 3.04. The second kappa shape index (κ2) is 5.89. The molecular weight excluding hydrogens is 282 g/mol. The van der Waals surface area contributed by atoms with Crippen molar-refractivity contribution in [3.05, 3.63) is 36.4 Å². The van der Waals surface area contributed by atoms with Crippen molar-refractivity contribution in [1.82, 2.24) is 24.3 Å². The maximum atomic E-state index is 4.60. The average molecular weight is 301 g/mol. The number of nitrogens with zero attached hydrogens (tertiary/aromatic N) is 5. The first-order chi connectivity index (χ1) is 10.2. The van der Waals surface area contributed by atoms with E-state index in [-0.39, 0.29) is 0 Å². The molecule has 0 atom stereocenters. The highest BCUT2D eigenvalue weighted by Crippen LogP contribution is 2.21. The summed E-state index contributed by atoms with van der Waals surface area (Å²) in [5.41, 5.74) is 2.26. The van der Waals surface area contributed by atoms with Gasteiger partial charge in [0, 0.05) is 18.3 Å². The van der Waals surface area contributed by atoms with Gasteiger partial charge in [-0.05, 0) is 32.9 Å². The number of hydrogen-bond acceptors (Lipinski definition) is 4. The zero-order valence-electron chi connectivity index (χ0n) is 12.5. The molecule has 0 saturated heterocycles. The van der Waals surface area contributed by atoms with E-state index in [0.29, 0.717) is 6.04 Å². The van der Waals surface area contributed by atoms with Gasteiger partial charge in [-0.15, -0.1) is 10.2 Å². The van der Waals surface area contributed by atoms with Crippen LogP contribution < -0.4 is 0 Å². The Balaban J connectivity index is 1.72. The Morgan fingerprint density at radius 1 is 1.24 bits per heavy atom. The monoisotopic (exact) mass is 301 g/mol. The summed E-state index contributed by atoms with van der Waals surface area (Å²) >= 11 is 1.74. The predicted octanol–water partition coefficient (Wildman–Crippen LogP) is 3.31. The Morgan fingerprint density at radius 2 is 2.05 bits per heavy atom. The van der Waals surface area contributed by atoms with Crippen molar-refractivity contribution >= 4 is 22.8 Å². The van der Waals surface area contributed by atoms with Crippen molar-refractivity contribution in [3.8, 4) is 0 Å². The Morgan fingerprint density at radius 3 is 2.86 bits per heavy atom. The third kappa shape index (κ3) is 2.81. The number of para-hydroxylation sites is 2. The van der Waals surface area contributed by atoms with Crippen LogP contribution in [0.4, 0.5) is 0 Å². The summed E-state index contributed by atoms with van der Waals surface area (Å²) < 4.78 is 4.36. The van der Waals surface area contributed by atoms with E-state index in [1.54, 1.807) is 18.1 Å². The van der Waals surface area contributed by atoms with Crippen LogP contribution in [0.1, 0.15) is 25.7 Å². The molecule has 0 spiro atoms. The molecule has 2 heterocycles. The zero-order chi connectivity index (χ0) is 14.8. The Hall–Kier alpha value is -1.82. The molecule has 5 nitrogen and oxygen atoms in total. The predicted molar refractivity (Wildman–Crippen MR) is 85.6 cm³/mol. The standard InChI is InChI=1S/C15H19N5S/c1-11(2)20-10-16-18-15(20)21-9-8-19-12(3)17-13-6-4-5-7-14(13)19/h4-7,10-11H,8-9H2,1-3H3. The van der Waals surface area contributed by atoms with Gasteiger partial charge in [-0.25, -0.2) is 4.98 Å². The summed E-state index contributed by atoms with van der Waals surface area (Å²) in [6.45, 7) is 7.26. The first-order valence-electron chi connectivity index (χ1n) is 7.11. The molecule has 0 radical (unpaired) electrons. The van der Waals surface area contributed by atoms with E-state index in [1.807, 2.05) is 6.07 Å². The van der Waals surface area contributed by atoms with Gasteiger partial charge in [0.2, 0.25) is 0 Å². The van der Waals surface area contributed by atoms with Crippen molar-refractivity contribution in [1.29, 1.82) is 0 Å². The molecule has 2 aromatic heterocycles. The van der Waals surface area contributed by atoms with Gasteiger partial charge in [0.25, 0.3) is 0 Å². The Bertz CT molecular complexity index is 743. The molecule has 0 fully saturated rings. The first-order valence-corrected chi connectivity index (χ1v) is 8.09. The largest absolute Gasteiger partial charge is 0.327 e. The van der Waals surface area contributed by atoms with Crippen LogP contribution in [0.2, 0.25) is 0 Å². The third-order valence-electron chi connectivity index (χ3n) is 3.49. The minimum atomic E-state index is 0.387. The summed E-state index contributed by atoms with van der Waals surface area (Å²) in [4.78, 5) is 4.60. The lowest BCUT2D eigenvalue weighted by atomic mass is 10.3. The fourth-order valence-corrected chi connectivity index (χ4v) is 3.36. The molecule has 3 rings (SSSR count). The summed E-state index contributed by atoms with van der Waals surface area (Å²) in [5, 5.41) is 9.17. The lowest BCUT2D eigenvalue weighted by Gasteiger charge is -2.10. The van der Waals surface area contributed by atoms with Gasteiger partial charge in [-0.3, -0.25) is 0 Å². The maximum absolute atomic E-state index is 4.60. The van der Waals surface area contributed by atoms with E-state index in [0.717, 1.165) is 28.8 Å². The van der Waals surface area contributed by atoms with Crippen LogP contribution in [0.3, 0.4) is 0 Å². The second-order valence-corrected chi connectivity index (χ2v) is 6.32. The fourth-order valence-electron chi connectivity index (χ4n) is 2.40. The molecule has 3 aromatic rings. The van der Waals surface area contributed by atoms with E-state index < -0.39 is 0 Å². The maximum Gasteiger partial charge on any atom is 0.191 e. The molecule has 0 aliphatic carbocycles. The van der Waals surface area contributed by atoms with Crippen molar-refractivity contribution in [2.75, 3.05) is 5.75 Å². The highest BCUT2D eigenvalue weighted by Gasteiger charge is 2.10. The number of thioether (sulfide) groups is 1. The topological polar surface area (TPSA) is 48.5 Å². The van der Waals surface area contributed by atoms with Crippen molar-refractivity contribution in [2.45, 2.75) is 38.5 Å². The molecule has 0 aliphatic rings. The highest BCUT2D eigenvalue weighted by atomic mass is 32.2. The second-order valence-electron chi connectivity index (χ2n) is 5.26. The Kier molecular flexibility index (Phi) is 3.96. The van der Waals surface area contributed by atoms with Crippen LogP contribution in [-0.4, -0.2) is 30.1 Å². The molecule has 0 N–H and O–H groups in total. The Labute approximate surface area is 128 Å². The lowest BCUT2D eigenvalue weighted by Crippen LogP contribution is -2.05. The van der Waals surface area contributed by atoms with Gasteiger partial charge in [0.15, 0.2) is 5.16 Å². The first kappa shape index (κ1) is 14.1. The molecule has 110 valence electrons. The minimum absolute atomic E-state index is 0.387. The molecule has 0 unspecified atom stereocenters. The summed E-state index contributed by atoms with van der Waals surface area (Å²) in [6.07, 6.45) is 1.80. The van der Waals surface area contributed by atoms with Gasteiger partial charge in [-0.1, -0.05) is 23.9 Å². The van der Waals surface area contributed by atoms with Crippen LogP contribution in [0.5, 0.6) is 0 Å². The van der Waals surface area contributed by atoms with E-state index in [4.69, 9.17) is 0 Å². The van der Waals surface area contributed by atoms with E-state index in [1.165, 1.54) is 5.52 Å². The van der Waals surface area contributed by atoms with Crippen LogP contribution in [-0.2, 0) is 6.54 Å². The molecule has 0 aliphatic heterocycles. The number of hydrogen-bond donors (Lipinski definition) is 0. The molecule has 0 bridgehead atoms. The number of aromatic nitrogens is 5. The normalized spacial score (nSPS) is 11.6. The molecule has 6 heteroatoms. The SMILES string of the molecule is Cc1nc2ccccc2n1CCSc1nncn1C(C)C. The van der Waals surface area contributed by atoms with Crippen molar-refractivity contribution < 1.29 is 0 Å². The van der Waals surface area contributed by atoms with Crippen LogP contribution >= 0.6 is 11.8 Å². The summed E-state index contributed by atoms with van der Waals surface area (Å²) in [7, 11) is 0. The van der Waals surface area contributed by atoms with Gasteiger partial charge in [0.05, 0.1) is 11.0 Å².